The van der Waals surface area contributed by atoms with Crippen LogP contribution in [0.4, 0.5) is 5.69 Å². The highest BCUT2D eigenvalue weighted by atomic mass is 32.2. The van der Waals surface area contributed by atoms with Crippen molar-refractivity contribution in [2.75, 3.05) is 26.0 Å². The van der Waals surface area contributed by atoms with E-state index in [0.717, 1.165) is 9.87 Å². The number of nitrogens with two attached hydrogens (primary N) is 1. The minimum Gasteiger partial charge on any atom is -0.329 e. The van der Waals surface area contributed by atoms with E-state index in [1.165, 1.54) is 20.2 Å². The van der Waals surface area contributed by atoms with Crippen molar-refractivity contribution in [3.05, 3.63) is 59.7 Å². The molecule has 0 heterocycles. The second-order valence-electron chi connectivity index (χ2n) is 5.96. The Kier molecular flexibility index (Phi) is 5.94. The van der Waals surface area contributed by atoms with Gasteiger partial charge in [0, 0.05) is 26.3 Å². The van der Waals surface area contributed by atoms with E-state index in [2.05, 4.69) is 5.32 Å². The van der Waals surface area contributed by atoms with Crippen molar-refractivity contribution in [2.24, 2.45) is 5.73 Å². The molecule has 0 aromatic heterocycles. The number of amides is 1. The third-order valence-electron chi connectivity index (χ3n) is 3.97. The third-order valence-corrected chi connectivity index (χ3v) is 5.93. The van der Waals surface area contributed by atoms with Crippen LogP contribution in [0.3, 0.4) is 0 Å². The summed E-state index contributed by atoms with van der Waals surface area (Å²) in [5.74, 6) is -0.776. The maximum atomic E-state index is 12.6. The van der Waals surface area contributed by atoms with Crippen LogP contribution in [-0.2, 0) is 14.8 Å². The molecule has 0 aliphatic carbocycles. The van der Waals surface area contributed by atoms with Crippen molar-refractivity contribution in [3.63, 3.8) is 0 Å². The second-order valence-corrected chi connectivity index (χ2v) is 8.08. The van der Waals surface area contributed by atoms with Gasteiger partial charge in [0.2, 0.25) is 15.9 Å². The Morgan fingerprint density at radius 3 is 2.36 bits per heavy atom. The quantitative estimate of drug-likeness (QED) is 0.822. The lowest BCUT2D eigenvalue weighted by atomic mass is 9.98. The van der Waals surface area contributed by atoms with Crippen LogP contribution in [0.15, 0.2) is 53.4 Å². The molecule has 2 rings (SSSR count). The number of sulfonamides is 1. The predicted octanol–water partition coefficient (Wildman–Crippen LogP) is 1.93. The first-order valence-corrected chi connectivity index (χ1v) is 9.30. The summed E-state index contributed by atoms with van der Waals surface area (Å²) in [6, 6.07) is 14.1. The van der Waals surface area contributed by atoms with E-state index in [4.69, 9.17) is 5.73 Å². The number of aryl methyl sites for hydroxylation is 1. The van der Waals surface area contributed by atoms with Crippen LogP contribution in [0.25, 0.3) is 0 Å². The molecule has 0 radical (unpaired) electrons. The monoisotopic (exact) mass is 361 g/mol. The number of rotatable bonds is 6. The lowest BCUT2D eigenvalue weighted by Crippen LogP contribution is -2.27. The Morgan fingerprint density at radius 2 is 1.80 bits per heavy atom. The van der Waals surface area contributed by atoms with Gasteiger partial charge in [-0.3, -0.25) is 4.79 Å². The third kappa shape index (κ3) is 4.25. The predicted molar refractivity (Wildman–Crippen MR) is 98.9 cm³/mol. The van der Waals surface area contributed by atoms with Crippen LogP contribution in [0.1, 0.15) is 17.0 Å². The fourth-order valence-electron chi connectivity index (χ4n) is 2.46. The van der Waals surface area contributed by atoms with E-state index in [0.29, 0.717) is 11.3 Å². The van der Waals surface area contributed by atoms with Gasteiger partial charge in [0.05, 0.1) is 10.8 Å². The molecule has 3 N–H and O–H groups in total. The summed E-state index contributed by atoms with van der Waals surface area (Å²) in [4.78, 5) is 12.7. The average molecular weight is 361 g/mol. The molecule has 25 heavy (non-hydrogen) atoms. The molecule has 1 amide bonds. The molecule has 0 saturated heterocycles. The smallest absolute Gasteiger partial charge is 0.242 e. The number of nitrogens with zero attached hydrogens (tertiary/aromatic N) is 1. The normalized spacial score (nSPS) is 12.8. The second kappa shape index (κ2) is 7.77. The van der Waals surface area contributed by atoms with Crippen molar-refractivity contribution in [2.45, 2.75) is 17.7 Å². The Hall–Kier alpha value is -2.22. The molecule has 0 saturated carbocycles. The average Bonchev–Trinajstić information content (AvgIpc) is 2.58. The molecule has 2 aromatic carbocycles. The summed E-state index contributed by atoms with van der Waals surface area (Å²) in [7, 11) is -0.642. The number of carbonyl (C=O) groups is 1. The van der Waals surface area contributed by atoms with Gasteiger partial charge in [0.25, 0.3) is 0 Å². The van der Waals surface area contributed by atoms with Crippen molar-refractivity contribution >= 4 is 21.6 Å². The molecule has 7 heteroatoms. The highest BCUT2D eigenvalue weighted by Crippen LogP contribution is 2.24. The van der Waals surface area contributed by atoms with Gasteiger partial charge in [-0.05, 0) is 30.2 Å². The highest BCUT2D eigenvalue weighted by molar-refractivity contribution is 7.89. The molecular weight excluding hydrogens is 338 g/mol. The zero-order valence-corrected chi connectivity index (χ0v) is 15.4. The zero-order chi connectivity index (χ0) is 18.6. The zero-order valence-electron chi connectivity index (χ0n) is 14.6. The molecular formula is C18H23N3O3S. The van der Waals surface area contributed by atoms with E-state index >= 15 is 0 Å². The molecule has 1 atom stereocenters. The minimum absolute atomic E-state index is 0.157. The summed E-state index contributed by atoms with van der Waals surface area (Å²) in [5, 5.41) is 2.77. The van der Waals surface area contributed by atoms with Crippen LogP contribution in [0, 0.1) is 6.92 Å². The number of carbonyl (C=O) groups excluding carboxylic acids is 1. The van der Waals surface area contributed by atoms with Crippen molar-refractivity contribution in [1.82, 2.24) is 4.31 Å². The Morgan fingerprint density at radius 1 is 1.16 bits per heavy atom. The number of anilines is 1. The summed E-state index contributed by atoms with van der Waals surface area (Å²) in [6.45, 7) is 1.87. The van der Waals surface area contributed by atoms with Gasteiger partial charge in [-0.1, -0.05) is 36.4 Å². The molecule has 0 fully saturated rings. The molecule has 0 bridgehead atoms. The maximum Gasteiger partial charge on any atom is 0.242 e. The van der Waals surface area contributed by atoms with Crippen LogP contribution in [0.2, 0.25) is 0 Å². The van der Waals surface area contributed by atoms with Gasteiger partial charge < -0.3 is 11.1 Å². The van der Waals surface area contributed by atoms with Crippen LogP contribution >= 0.6 is 0 Å². The molecule has 2 aromatic rings. The first kappa shape index (κ1) is 19.1. The van der Waals surface area contributed by atoms with Crippen molar-refractivity contribution < 1.29 is 13.2 Å². The van der Waals surface area contributed by atoms with Crippen LogP contribution in [0.5, 0.6) is 0 Å². The number of hydrogen-bond acceptors (Lipinski definition) is 4. The van der Waals surface area contributed by atoms with E-state index in [-0.39, 0.29) is 17.3 Å². The van der Waals surface area contributed by atoms with Gasteiger partial charge in [0.1, 0.15) is 0 Å². The first-order chi connectivity index (χ1) is 11.8. The van der Waals surface area contributed by atoms with Crippen molar-refractivity contribution in [3.8, 4) is 0 Å². The molecule has 0 aliphatic rings. The number of nitrogens with one attached hydrogen (secondary N) is 1. The molecule has 134 valence electrons. The summed E-state index contributed by atoms with van der Waals surface area (Å²) in [5.41, 5.74) is 7.61. The van der Waals surface area contributed by atoms with Gasteiger partial charge >= 0.3 is 0 Å². The van der Waals surface area contributed by atoms with Gasteiger partial charge in [-0.2, -0.15) is 0 Å². The number of hydrogen-bond donors (Lipinski definition) is 2. The number of benzene rings is 2. The molecule has 0 spiro atoms. The lowest BCUT2D eigenvalue weighted by molar-refractivity contribution is -0.117. The Balaban J connectivity index is 2.30. The van der Waals surface area contributed by atoms with E-state index in [1.54, 1.807) is 19.1 Å². The largest absolute Gasteiger partial charge is 0.329 e. The van der Waals surface area contributed by atoms with Crippen molar-refractivity contribution in [1.29, 1.82) is 0 Å². The molecule has 0 aliphatic heterocycles. The highest BCUT2D eigenvalue weighted by Gasteiger charge is 2.22. The maximum absolute atomic E-state index is 12.6. The molecule has 6 nitrogen and oxygen atoms in total. The standard InChI is InChI=1S/C18H23N3O3S/c1-13-9-10-15(11-17(13)25(23,24)21(2)3)20-18(22)16(12-19)14-7-5-4-6-8-14/h4-11,16H,12,19H2,1-3H3,(H,20,22). The fourth-order valence-corrected chi connectivity index (χ4v) is 3.61. The van der Waals surface area contributed by atoms with E-state index < -0.39 is 15.9 Å². The topological polar surface area (TPSA) is 92.5 Å². The fraction of sp³-hybridized carbons (Fsp3) is 0.278. The van der Waals surface area contributed by atoms with E-state index in [1.807, 2.05) is 30.3 Å². The van der Waals surface area contributed by atoms with Gasteiger partial charge in [-0.25, -0.2) is 12.7 Å². The SMILES string of the molecule is Cc1ccc(NC(=O)C(CN)c2ccccc2)cc1S(=O)(=O)N(C)C. The van der Waals surface area contributed by atoms with E-state index in [9.17, 15) is 13.2 Å². The van der Waals surface area contributed by atoms with Crippen LogP contribution < -0.4 is 11.1 Å². The lowest BCUT2D eigenvalue weighted by Gasteiger charge is -2.17. The van der Waals surface area contributed by atoms with Gasteiger partial charge in [-0.15, -0.1) is 0 Å². The molecule has 1 unspecified atom stereocenters. The summed E-state index contributed by atoms with van der Waals surface area (Å²) in [6.07, 6.45) is 0. The first-order valence-electron chi connectivity index (χ1n) is 7.86. The Bertz CT molecular complexity index is 849. The van der Waals surface area contributed by atoms with Crippen LogP contribution in [-0.4, -0.2) is 39.3 Å². The minimum atomic E-state index is -3.59. The summed E-state index contributed by atoms with van der Waals surface area (Å²) < 4.78 is 25.9. The summed E-state index contributed by atoms with van der Waals surface area (Å²) >= 11 is 0. The van der Waals surface area contributed by atoms with Gasteiger partial charge in [0.15, 0.2) is 0 Å². The Labute approximate surface area is 148 Å².